The van der Waals surface area contributed by atoms with Crippen LogP contribution in [-0.4, -0.2) is 37.5 Å². The van der Waals surface area contributed by atoms with Crippen molar-refractivity contribution in [3.63, 3.8) is 0 Å². The Morgan fingerprint density at radius 2 is 2.00 bits per heavy atom. The van der Waals surface area contributed by atoms with Crippen molar-refractivity contribution in [2.24, 2.45) is 0 Å². The molecule has 140 valence electrons. The zero-order chi connectivity index (χ0) is 18.6. The van der Waals surface area contributed by atoms with Crippen molar-refractivity contribution in [1.82, 2.24) is 24.4 Å². The molecule has 1 saturated heterocycles. The summed E-state index contributed by atoms with van der Waals surface area (Å²) < 4.78 is 2.23. The molecule has 27 heavy (non-hydrogen) atoms. The summed E-state index contributed by atoms with van der Waals surface area (Å²) in [5.41, 5.74) is 4.58. The van der Waals surface area contributed by atoms with Crippen LogP contribution in [0.3, 0.4) is 0 Å². The second kappa shape index (κ2) is 8.01. The number of imidazole rings is 1. The maximum atomic E-state index is 4.76. The molecule has 0 unspecified atom stereocenters. The third kappa shape index (κ3) is 3.93. The van der Waals surface area contributed by atoms with Crippen molar-refractivity contribution >= 4 is 0 Å². The van der Waals surface area contributed by atoms with Crippen LogP contribution in [0.2, 0.25) is 0 Å². The first-order valence-corrected chi connectivity index (χ1v) is 9.85. The van der Waals surface area contributed by atoms with Crippen LogP contribution in [0.5, 0.6) is 0 Å². The minimum absolute atomic E-state index is 0.410. The zero-order valence-electron chi connectivity index (χ0n) is 16.2. The van der Waals surface area contributed by atoms with Gasteiger partial charge in [0.25, 0.3) is 0 Å². The highest BCUT2D eigenvalue weighted by molar-refractivity contribution is 5.63. The number of aryl methyl sites for hydroxylation is 2. The van der Waals surface area contributed by atoms with E-state index < -0.39 is 0 Å². The van der Waals surface area contributed by atoms with Gasteiger partial charge in [-0.3, -0.25) is 14.9 Å². The molecule has 0 N–H and O–H groups in total. The lowest BCUT2D eigenvalue weighted by Crippen LogP contribution is -2.35. The quantitative estimate of drug-likeness (QED) is 0.688. The van der Waals surface area contributed by atoms with Gasteiger partial charge in [-0.2, -0.15) is 0 Å². The van der Waals surface area contributed by atoms with Crippen LogP contribution in [0.1, 0.15) is 42.8 Å². The summed E-state index contributed by atoms with van der Waals surface area (Å²) in [5, 5.41) is 0. The average molecular weight is 361 g/mol. The first-order chi connectivity index (χ1) is 13.2. The van der Waals surface area contributed by atoms with Gasteiger partial charge in [-0.15, -0.1) is 0 Å². The Morgan fingerprint density at radius 3 is 2.85 bits per heavy atom. The number of aromatic nitrogens is 4. The van der Waals surface area contributed by atoms with E-state index in [1.54, 1.807) is 6.20 Å². The smallest absolute Gasteiger partial charge is 0.122 e. The molecule has 3 heterocycles. The van der Waals surface area contributed by atoms with Crippen LogP contribution in [0, 0.1) is 6.92 Å². The van der Waals surface area contributed by atoms with E-state index in [2.05, 4.69) is 58.8 Å². The summed E-state index contributed by atoms with van der Waals surface area (Å²) >= 11 is 0. The maximum absolute atomic E-state index is 4.76. The summed E-state index contributed by atoms with van der Waals surface area (Å²) in [5.74, 6) is 1.56. The highest BCUT2D eigenvalue weighted by Crippen LogP contribution is 2.32. The summed E-state index contributed by atoms with van der Waals surface area (Å²) in [6, 6.07) is 8.56. The van der Waals surface area contributed by atoms with Crippen molar-refractivity contribution < 1.29 is 0 Å². The molecule has 0 amide bonds. The molecular weight excluding hydrogens is 334 g/mol. The Hall–Kier alpha value is -2.53. The zero-order valence-corrected chi connectivity index (χ0v) is 16.2. The number of piperidine rings is 1. The molecule has 1 aromatic carbocycles. The number of nitrogens with zero attached hydrogens (tertiary/aromatic N) is 5. The SMILES string of the molecule is CCn1ccnc1CN1CCC[C@@H](c2nccnc2-c2cccc(C)c2)C1. The van der Waals surface area contributed by atoms with Crippen molar-refractivity contribution in [3.8, 4) is 11.3 Å². The highest BCUT2D eigenvalue weighted by Gasteiger charge is 2.26. The molecule has 5 heteroatoms. The fraction of sp³-hybridized carbons (Fsp3) is 0.409. The summed E-state index contributed by atoms with van der Waals surface area (Å²) in [6.45, 7) is 8.28. The van der Waals surface area contributed by atoms with E-state index in [1.165, 1.54) is 12.0 Å². The lowest BCUT2D eigenvalue weighted by molar-refractivity contribution is 0.192. The van der Waals surface area contributed by atoms with E-state index in [9.17, 15) is 0 Å². The molecule has 0 bridgehead atoms. The topological polar surface area (TPSA) is 46.8 Å². The molecule has 3 aromatic rings. The van der Waals surface area contributed by atoms with Gasteiger partial charge in [0.1, 0.15) is 5.82 Å². The number of benzene rings is 1. The molecule has 5 nitrogen and oxygen atoms in total. The maximum Gasteiger partial charge on any atom is 0.122 e. The Bertz CT molecular complexity index is 901. The van der Waals surface area contributed by atoms with Crippen LogP contribution in [0.4, 0.5) is 0 Å². The number of hydrogen-bond donors (Lipinski definition) is 0. The molecule has 0 aliphatic carbocycles. The van der Waals surface area contributed by atoms with Crippen LogP contribution in [-0.2, 0) is 13.1 Å². The molecule has 0 saturated carbocycles. The van der Waals surface area contributed by atoms with Gasteiger partial charge < -0.3 is 4.57 Å². The lowest BCUT2D eigenvalue weighted by Gasteiger charge is -2.32. The first-order valence-electron chi connectivity index (χ1n) is 9.85. The number of rotatable bonds is 5. The fourth-order valence-corrected chi connectivity index (χ4v) is 4.06. The van der Waals surface area contributed by atoms with Gasteiger partial charge in [0.05, 0.1) is 17.9 Å². The summed E-state index contributed by atoms with van der Waals surface area (Å²) in [7, 11) is 0. The van der Waals surface area contributed by atoms with E-state index in [0.717, 1.165) is 55.4 Å². The largest absolute Gasteiger partial charge is 0.334 e. The van der Waals surface area contributed by atoms with Gasteiger partial charge >= 0.3 is 0 Å². The molecule has 1 atom stereocenters. The van der Waals surface area contributed by atoms with Gasteiger partial charge in [-0.05, 0) is 39.3 Å². The Morgan fingerprint density at radius 1 is 1.11 bits per heavy atom. The minimum Gasteiger partial charge on any atom is -0.334 e. The minimum atomic E-state index is 0.410. The third-order valence-corrected chi connectivity index (χ3v) is 5.42. The second-order valence-electron chi connectivity index (χ2n) is 7.36. The predicted molar refractivity (Wildman–Crippen MR) is 107 cm³/mol. The van der Waals surface area contributed by atoms with Crippen molar-refractivity contribution in [1.29, 1.82) is 0 Å². The van der Waals surface area contributed by atoms with Gasteiger partial charge in [0.2, 0.25) is 0 Å². The van der Waals surface area contributed by atoms with E-state index in [1.807, 2.05) is 12.4 Å². The van der Waals surface area contributed by atoms with Crippen molar-refractivity contribution in [2.75, 3.05) is 13.1 Å². The van der Waals surface area contributed by atoms with Gasteiger partial charge in [0.15, 0.2) is 0 Å². The third-order valence-electron chi connectivity index (χ3n) is 5.42. The van der Waals surface area contributed by atoms with Gasteiger partial charge in [0, 0.05) is 49.4 Å². The van der Waals surface area contributed by atoms with E-state index in [-0.39, 0.29) is 0 Å². The second-order valence-corrected chi connectivity index (χ2v) is 7.36. The molecule has 1 fully saturated rings. The molecule has 1 aliphatic heterocycles. The van der Waals surface area contributed by atoms with Gasteiger partial charge in [-0.25, -0.2) is 4.98 Å². The normalized spacial score (nSPS) is 17.9. The Kier molecular flexibility index (Phi) is 5.30. The van der Waals surface area contributed by atoms with Gasteiger partial charge in [-0.1, -0.05) is 23.8 Å². The molecule has 1 aliphatic rings. The standard InChI is InChI=1S/C22H27N5/c1-3-27-13-11-23-20(27)16-26-12-5-8-19(15-26)22-21(24-9-10-25-22)18-7-4-6-17(2)14-18/h4,6-7,9-11,13-14,19H,3,5,8,12,15-16H2,1-2H3/t19-/m1/s1. The van der Waals surface area contributed by atoms with Crippen molar-refractivity contribution in [3.05, 3.63) is 66.1 Å². The van der Waals surface area contributed by atoms with E-state index >= 15 is 0 Å². The molecular formula is C22H27N5. The van der Waals surface area contributed by atoms with Crippen molar-refractivity contribution in [2.45, 2.75) is 45.7 Å². The number of likely N-dealkylation sites (tertiary alicyclic amines) is 1. The van der Waals surface area contributed by atoms with Crippen LogP contribution in [0.15, 0.2) is 49.1 Å². The Balaban J connectivity index is 1.57. The van der Waals surface area contributed by atoms with E-state index in [0.29, 0.717) is 5.92 Å². The first kappa shape index (κ1) is 17.9. The monoisotopic (exact) mass is 361 g/mol. The average Bonchev–Trinajstić information content (AvgIpc) is 3.15. The highest BCUT2D eigenvalue weighted by atomic mass is 15.2. The number of hydrogen-bond acceptors (Lipinski definition) is 4. The summed E-state index contributed by atoms with van der Waals surface area (Å²) in [4.78, 5) is 16.5. The predicted octanol–water partition coefficient (Wildman–Crippen LogP) is 4.05. The Labute approximate surface area is 161 Å². The van der Waals surface area contributed by atoms with Crippen LogP contribution < -0.4 is 0 Å². The lowest BCUT2D eigenvalue weighted by atomic mass is 9.91. The van der Waals surface area contributed by atoms with Crippen LogP contribution >= 0.6 is 0 Å². The molecule has 4 rings (SSSR count). The molecule has 2 aromatic heterocycles. The van der Waals surface area contributed by atoms with Crippen LogP contribution in [0.25, 0.3) is 11.3 Å². The summed E-state index contributed by atoms with van der Waals surface area (Å²) in [6.07, 6.45) is 9.95. The molecule has 0 radical (unpaired) electrons. The van der Waals surface area contributed by atoms with E-state index in [4.69, 9.17) is 9.97 Å². The molecule has 0 spiro atoms. The fourth-order valence-electron chi connectivity index (χ4n) is 4.06.